The van der Waals surface area contributed by atoms with Crippen molar-refractivity contribution in [2.24, 2.45) is 0 Å². The molecule has 3 heterocycles. The Morgan fingerprint density at radius 2 is 2.41 bits per heavy atom. The minimum absolute atomic E-state index is 0.0928. The van der Waals surface area contributed by atoms with Gasteiger partial charge < -0.3 is 4.74 Å². The van der Waals surface area contributed by atoms with Crippen molar-refractivity contribution in [1.82, 2.24) is 20.2 Å². The van der Waals surface area contributed by atoms with E-state index in [1.54, 1.807) is 10.7 Å². The van der Waals surface area contributed by atoms with Crippen molar-refractivity contribution in [3.63, 3.8) is 0 Å². The molecule has 0 bridgehead atoms. The first-order chi connectivity index (χ1) is 10.6. The van der Waals surface area contributed by atoms with E-state index in [9.17, 15) is 4.79 Å². The highest BCUT2D eigenvalue weighted by atomic mass is 35.5. The van der Waals surface area contributed by atoms with Gasteiger partial charge in [-0.05, 0) is 29.3 Å². The summed E-state index contributed by atoms with van der Waals surface area (Å²) >= 11 is 14.3. The van der Waals surface area contributed by atoms with Gasteiger partial charge >= 0.3 is 0 Å². The van der Waals surface area contributed by atoms with Gasteiger partial charge in [0.15, 0.2) is 5.78 Å². The molecule has 0 saturated carbocycles. The number of tetrazole rings is 1. The monoisotopic (exact) mass is 378 g/mol. The molecule has 0 aliphatic carbocycles. The standard InChI is InChI=1S/C12H12Cl2N4O2S2/c13-10-4-8(11(14)22-10)9(19)6-21-12-15-16-17-18(12)5-7-2-1-3-20-7/h4,7H,1-3,5-6H2/t7-/m1/s1. The summed E-state index contributed by atoms with van der Waals surface area (Å²) in [4.78, 5) is 12.2. The van der Waals surface area contributed by atoms with Crippen molar-refractivity contribution in [2.75, 3.05) is 12.4 Å². The number of ether oxygens (including phenoxy) is 1. The van der Waals surface area contributed by atoms with E-state index in [0.29, 0.717) is 25.9 Å². The van der Waals surface area contributed by atoms with Gasteiger partial charge in [0.25, 0.3) is 0 Å². The number of nitrogens with zero attached hydrogens (tertiary/aromatic N) is 4. The molecule has 6 nitrogen and oxygen atoms in total. The summed E-state index contributed by atoms with van der Waals surface area (Å²) in [5.41, 5.74) is 0.447. The Hall–Kier alpha value is -0.670. The number of hydrogen-bond acceptors (Lipinski definition) is 7. The van der Waals surface area contributed by atoms with Gasteiger partial charge in [0.05, 0.1) is 22.7 Å². The topological polar surface area (TPSA) is 69.9 Å². The van der Waals surface area contributed by atoms with E-state index in [4.69, 9.17) is 27.9 Å². The zero-order valence-electron chi connectivity index (χ0n) is 11.4. The van der Waals surface area contributed by atoms with E-state index in [-0.39, 0.29) is 17.6 Å². The first-order valence-corrected chi connectivity index (χ1v) is 9.18. The van der Waals surface area contributed by atoms with Crippen molar-refractivity contribution >= 4 is 52.1 Å². The lowest BCUT2D eigenvalue weighted by molar-refractivity contribution is 0.0912. The SMILES string of the molecule is O=C(CSc1nnnn1C[C@H]1CCCO1)c1cc(Cl)sc1Cl. The molecule has 118 valence electrons. The second kappa shape index (κ2) is 7.27. The Kier molecular flexibility index (Phi) is 5.35. The maximum atomic E-state index is 12.2. The molecule has 0 spiro atoms. The van der Waals surface area contributed by atoms with Crippen LogP contribution in [0.4, 0.5) is 0 Å². The first kappa shape index (κ1) is 16.2. The third-order valence-corrected chi connectivity index (χ3v) is 5.63. The number of Topliss-reactive ketones (excluding diaryl/α,β-unsaturated/α-hetero) is 1. The third-order valence-electron chi connectivity index (χ3n) is 3.19. The van der Waals surface area contributed by atoms with Crippen LogP contribution in [-0.2, 0) is 11.3 Å². The Morgan fingerprint density at radius 3 is 3.09 bits per heavy atom. The molecule has 3 rings (SSSR count). The van der Waals surface area contributed by atoms with Crippen LogP contribution in [0, 0.1) is 0 Å². The van der Waals surface area contributed by atoms with Crippen LogP contribution in [0.25, 0.3) is 0 Å². The molecule has 1 atom stereocenters. The number of thioether (sulfide) groups is 1. The molecule has 0 aromatic carbocycles. The van der Waals surface area contributed by atoms with Crippen molar-refractivity contribution in [3.05, 3.63) is 20.3 Å². The maximum Gasteiger partial charge on any atom is 0.209 e. The number of rotatable bonds is 6. The van der Waals surface area contributed by atoms with E-state index in [1.807, 2.05) is 0 Å². The molecule has 0 amide bonds. The van der Waals surface area contributed by atoms with E-state index >= 15 is 0 Å². The maximum absolute atomic E-state index is 12.2. The molecule has 1 aliphatic rings. The van der Waals surface area contributed by atoms with Crippen LogP contribution in [-0.4, -0.2) is 44.5 Å². The third kappa shape index (κ3) is 3.80. The van der Waals surface area contributed by atoms with Crippen molar-refractivity contribution in [2.45, 2.75) is 30.6 Å². The van der Waals surface area contributed by atoms with E-state index in [2.05, 4.69) is 15.5 Å². The summed E-state index contributed by atoms with van der Waals surface area (Å²) in [6.07, 6.45) is 2.21. The average Bonchev–Trinajstić information content (AvgIpc) is 3.19. The van der Waals surface area contributed by atoms with Gasteiger partial charge in [0.1, 0.15) is 4.34 Å². The number of carbonyl (C=O) groups excluding carboxylic acids is 1. The summed E-state index contributed by atoms with van der Waals surface area (Å²) in [5, 5.41) is 12.2. The molecule has 22 heavy (non-hydrogen) atoms. The highest BCUT2D eigenvalue weighted by Crippen LogP contribution is 2.32. The molecule has 10 heteroatoms. The van der Waals surface area contributed by atoms with Gasteiger partial charge in [0, 0.05) is 12.2 Å². The smallest absolute Gasteiger partial charge is 0.209 e. The van der Waals surface area contributed by atoms with Crippen LogP contribution in [0.3, 0.4) is 0 Å². The molecule has 2 aromatic heterocycles. The highest BCUT2D eigenvalue weighted by Gasteiger charge is 2.20. The Morgan fingerprint density at radius 1 is 1.55 bits per heavy atom. The number of halogens is 2. The number of aromatic nitrogens is 4. The Bertz CT molecular complexity index is 670. The quantitative estimate of drug-likeness (QED) is 0.567. The second-order valence-electron chi connectivity index (χ2n) is 4.73. The number of thiophene rings is 1. The van der Waals surface area contributed by atoms with Crippen molar-refractivity contribution in [3.8, 4) is 0 Å². The zero-order chi connectivity index (χ0) is 15.5. The second-order valence-corrected chi connectivity index (χ2v) is 7.96. The Balaban J connectivity index is 1.60. The Labute approximate surface area is 145 Å². The highest BCUT2D eigenvalue weighted by molar-refractivity contribution is 7.99. The van der Waals surface area contributed by atoms with Crippen LogP contribution < -0.4 is 0 Å². The van der Waals surface area contributed by atoms with E-state index in [0.717, 1.165) is 19.4 Å². The predicted molar refractivity (Wildman–Crippen MR) is 86.2 cm³/mol. The summed E-state index contributed by atoms with van der Waals surface area (Å²) in [7, 11) is 0. The summed E-state index contributed by atoms with van der Waals surface area (Å²) in [5.74, 6) is 0.114. The van der Waals surface area contributed by atoms with Crippen molar-refractivity contribution < 1.29 is 9.53 Å². The summed E-state index contributed by atoms with van der Waals surface area (Å²) in [6.45, 7) is 1.39. The van der Waals surface area contributed by atoms with Crippen LogP contribution in [0.15, 0.2) is 11.2 Å². The van der Waals surface area contributed by atoms with Crippen molar-refractivity contribution in [1.29, 1.82) is 0 Å². The van der Waals surface area contributed by atoms with Gasteiger partial charge in [-0.2, -0.15) is 0 Å². The lowest BCUT2D eigenvalue weighted by Crippen LogP contribution is -2.17. The zero-order valence-corrected chi connectivity index (χ0v) is 14.5. The van der Waals surface area contributed by atoms with E-state index in [1.165, 1.54) is 23.1 Å². The van der Waals surface area contributed by atoms with Gasteiger partial charge in [-0.25, -0.2) is 4.68 Å². The number of carbonyl (C=O) groups is 1. The molecule has 1 saturated heterocycles. The molecular weight excluding hydrogens is 367 g/mol. The van der Waals surface area contributed by atoms with Gasteiger partial charge in [-0.1, -0.05) is 35.0 Å². The summed E-state index contributed by atoms with van der Waals surface area (Å²) in [6, 6.07) is 1.59. The fraction of sp³-hybridized carbons (Fsp3) is 0.500. The molecule has 0 N–H and O–H groups in total. The number of ketones is 1. The normalized spacial score (nSPS) is 18.0. The lowest BCUT2D eigenvalue weighted by atomic mass is 10.2. The molecule has 2 aromatic rings. The van der Waals surface area contributed by atoms with Crippen LogP contribution in [0.1, 0.15) is 23.2 Å². The largest absolute Gasteiger partial charge is 0.376 e. The van der Waals surface area contributed by atoms with Gasteiger partial charge in [-0.15, -0.1) is 16.4 Å². The first-order valence-electron chi connectivity index (χ1n) is 6.62. The van der Waals surface area contributed by atoms with Gasteiger partial charge in [-0.3, -0.25) is 4.79 Å². The number of hydrogen-bond donors (Lipinski definition) is 0. The van der Waals surface area contributed by atoms with Crippen LogP contribution in [0.2, 0.25) is 8.67 Å². The summed E-state index contributed by atoms with van der Waals surface area (Å²) < 4.78 is 8.16. The molecule has 1 fully saturated rings. The molecule has 1 aliphatic heterocycles. The minimum Gasteiger partial charge on any atom is -0.376 e. The fourth-order valence-electron chi connectivity index (χ4n) is 2.13. The van der Waals surface area contributed by atoms with E-state index < -0.39 is 0 Å². The molecule has 0 unspecified atom stereocenters. The van der Waals surface area contributed by atoms with Gasteiger partial charge in [0.2, 0.25) is 5.16 Å². The molecule has 0 radical (unpaired) electrons. The lowest BCUT2D eigenvalue weighted by Gasteiger charge is -2.09. The van der Waals surface area contributed by atoms with Crippen LogP contribution >= 0.6 is 46.3 Å². The minimum atomic E-state index is -0.0928. The van der Waals surface area contributed by atoms with Crippen LogP contribution in [0.5, 0.6) is 0 Å². The predicted octanol–water partition coefficient (Wildman–Crippen LogP) is 3.20. The average molecular weight is 379 g/mol. The molecular formula is C12H12Cl2N4O2S2. The fourth-order valence-corrected chi connectivity index (χ4v) is 4.40.